The van der Waals surface area contributed by atoms with E-state index in [2.05, 4.69) is 20.7 Å². The van der Waals surface area contributed by atoms with E-state index in [1.807, 2.05) is 24.3 Å². The van der Waals surface area contributed by atoms with Crippen molar-refractivity contribution in [1.82, 2.24) is 0 Å². The Morgan fingerprint density at radius 3 is 2.57 bits per heavy atom. The second-order valence-corrected chi connectivity index (χ2v) is 5.90. The molecule has 0 fully saturated rings. The van der Waals surface area contributed by atoms with Gasteiger partial charge in [-0.05, 0) is 40.2 Å². The molecule has 0 saturated carbocycles. The minimum Gasteiger partial charge on any atom is -0.465 e. The van der Waals surface area contributed by atoms with Crippen molar-refractivity contribution >= 4 is 39.3 Å². The molecule has 2 aromatic carbocycles. The van der Waals surface area contributed by atoms with Crippen molar-refractivity contribution in [3.8, 4) is 0 Å². The largest absolute Gasteiger partial charge is 0.465 e. The minimum absolute atomic E-state index is 0.0524. The highest BCUT2D eigenvalue weighted by molar-refractivity contribution is 9.10. The van der Waals surface area contributed by atoms with Crippen molar-refractivity contribution in [1.29, 1.82) is 0 Å². The van der Waals surface area contributed by atoms with Crippen LogP contribution in [-0.4, -0.2) is 18.0 Å². The first-order chi connectivity index (χ1) is 10.0. The van der Waals surface area contributed by atoms with Crippen LogP contribution in [0.25, 0.3) is 0 Å². The fourth-order valence-electron chi connectivity index (χ4n) is 1.64. The summed E-state index contributed by atoms with van der Waals surface area (Å²) in [6.07, 6.45) is 0. The number of nitro benzene ring substituents is 1. The molecule has 0 N–H and O–H groups in total. The fraction of sp³-hybridized carbons (Fsp3) is 0.0714. The Kier molecular flexibility index (Phi) is 4.98. The van der Waals surface area contributed by atoms with Gasteiger partial charge in [-0.25, -0.2) is 4.79 Å². The predicted octanol–water partition coefficient (Wildman–Crippen LogP) is 4.30. The number of nitro groups is 1. The Balaban J connectivity index is 2.46. The van der Waals surface area contributed by atoms with Gasteiger partial charge in [0.1, 0.15) is 0 Å². The normalized spacial score (nSPS) is 10.2. The van der Waals surface area contributed by atoms with Crippen LogP contribution in [0.15, 0.2) is 56.7 Å². The molecule has 5 nitrogen and oxygen atoms in total. The van der Waals surface area contributed by atoms with E-state index in [1.54, 1.807) is 0 Å². The van der Waals surface area contributed by atoms with Crippen LogP contribution in [0.2, 0.25) is 0 Å². The smallest absolute Gasteiger partial charge is 0.337 e. The molecule has 7 heteroatoms. The Morgan fingerprint density at radius 1 is 1.24 bits per heavy atom. The van der Waals surface area contributed by atoms with Gasteiger partial charge >= 0.3 is 5.97 Å². The van der Waals surface area contributed by atoms with Gasteiger partial charge in [0.15, 0.2) is 0 Å². The van der Waals surface area contributed by atoms with E-state index in [-0.39, 0.29) is 11.3 Å². The van der Waals surface area contributed by atoms with E-state index in [1.165, 1.54) is 37.1 Å². The lowest BCUT2D eigenvalue weighted by Gasteiger charge is -2.07. The zero-order valence-corrected chi connectivity index (χ0v) is 13.3. The maximum absolute atomic E-state index is 11.6. The summed E-state index contributed by atoms with van der Waals surface area (Å²) < 4.78 is 5.46. The van der Waals surface area contributed by atoms with E-state index in [0.29, 0.717) is 4.90 Å². The summed E-state index contributed by atoms with van der Waals surface area (Å²) in [7, 11) is 1.27. The molecular formula is C14H10BrNO4S. The topological polar surface area (TPSA) is 69.4 Å². The second kappa shape index (κ2) is 6.73. The van der Waals surface area contributed by atoms with Gasteiger partial charge in [-0.1, -0.05) is 23.9 Å². The molecule has 0 aromatic heterocycles. The van der Waals surface area contributed by atoms with Gasteiger partial charge in [-0.2, -0.15) is 0 Å². The van der Waals surface area contributed by atoms with Crippen molar-refractivity contribution < 1.29 is 14.5 Å². The maximum Gasteiger partial charge on any atom is 0.337 e. The van der Waals surface area contributed by atoms with Crippen molar-refractivity contribution in [2.75, 3.05) is 7.11 Å². The van der Waals surface area contributed by atoms with Gasteiger partial charge in [-0.15, -0.1) is 0 Å². The number of esters is 1. The third-order valence-electron chi connectivity index (χ3n) is 2.63. The van der Waals surface area contributed by atoms with Crippen LogP contribution in [0.1, 0.15) is 10.4 Å². The molecule has 0 aliphatic carbocycles. The third-order valence-corrected chi connectivity index (χ3v) is 4.71. The van der Waals surface area contributed by atoms with Crippen molar-refractivity contribution in [3.63, 3.8) is 0 Å². The molecule has 2 rings (SSSR count). The first kappa shape index (κ1) is 15.5. The van der Waals surface area contributed by atoms with Crippen LogP contribution in [-0.2, 0) is 4.74 Å². The first-order valence-electron chi connectivity index (χ1n) is 5.82. The summed E-state index contributed by atoms with van der Waals surface area (Å²) in [5.41, 5.74) is 0.223. The Morgan fingerprint density at radius 2 is 1.95 bits per heavy atom. The van der Waals surface area contributed by atoms with Gasteiger partial charge in [0.05, 0.1) is 22.5 Å². The molecule has 2 aromatic rings. The first-order valence-corrected chi connectivity index (χ1v) is 7.43. The SMILES string of the molecule is COC(=O)c1ccc([N+](=O)[O-])c(Sc2ccccc2Br)c1. The number of hydrogen-bond donors (Lipinski definition) is 0. The summed E-state index contributed by atoms with van der Waals surface area (Å²) >= 11 is 4.61. The third kappa shape index (κ3) is 3.62. The molecule has 0 spiro atoms. The lowest BCUT2D eigenvalue weighted by Crippen LogP contribution is -2.02. The number of ether oxygens (including phenoxy) is 1. The molecule has 0 heterocycles. The van der Waals surface area contributed by atoms with Crippen LogP contribution in [0.4, 0.5) is 5.69 Å². The molecule has 21 heavy (non-hydrogen) atoms. The van der Waals surface area contributed by atoms with Crippen LogP contribution in [0.3, 0.4) is 0 Å². The monoisotopic (exact) mass is 367 g/mol. The average Bonchev–Trinajstić information content (AvgIpc) is 2.48. The highest BCUT2D eigenvalue weighted by atomic mass is 79.9. The van der Waals surface area contributed by atoms with Crippen LogP contribution in [0.5, 0.6) is 0 Å². The minimum atomic E-state index is -0.529. The van der Waals surface area contributed by atoms with Crippen molar-refractivity contribution in [2.45, 2.75) is 9.79 Å². The molecule has 0 atom stereocenters. The number of nitrogens with zero attached hydrogens (tertiary/aromatic N) is 1. The van der Waals surface area contributed by atoms with Crippen molar-refractivity contribution in [2.24, 2.45) is 0 Å². The molecule has 0 saturated heterocycles. The molecular weight excluding hydrogens is 358 g/mol. The maximum atomic E-state index is 11.6. The molecule has 0 unspecified atom stereocenters. The molecule has 0 aliphatic rings. The molecule has 0 aliphatic heterocycles. The molecule has 108 valence electrons. The highest BCUT2D eigenvalue weighted by Gasteiger charge is 2.18. The van der Waals surface area contributed by atoms with Crippen molar-refractivity contribution in [3.05, 3.63) is 62.6 Å². The van der Waals surface area contributed by atoms with Gasteiger partial charge in [0, 0.05) is 15.4 Å². The summed E-state index contributed by atoms with van der Waals surface area (Å²) in [6, 6.07) is 11.5. The number of carbonyl (C=O) groups is 1. The number of carbonyl (C=O) groups excluding carboxylic acids is 1. The van der Waals surface area contributed by atoms with Crippen LogP contribution >= 0.6 is 27.7 Å². The number of methoxy groups -OCH3 is 1. The van der Waals surface area contributed by atoms with E-state index in [4.69, 9.17) is 0 Å². The molecule has 0 bridgehead atoms. The van der Waals surface area contributed by atoms with E-state index >= 15 is 0 Å². The van der Waals surface area contributed by atoms with Crippen LogP contribution in [0, 0.1) is 10.1 Å². The lowest BCUT2D eigenvalue weighted by molar-refractivity contribution is -0.387. The van der Waals surface area contributed by atoms with Crippen LogP contribution < -0.4 is 0 Å². The number of halogens is 1. The number of hydrogen-bond acceptors (Lipinski definition) is 5. The van der Waals surface area contributed by atoms with Gasteiger partial charge in [-0.3, -0.25) is 10.1 Å². The summed E-state index contributed by atoms with van der Waals surface area (Å²) in [4.78, 5) is 23.4. The quantitative estimate of drug-likeness (QED) is 0.457. The Labute approximate surface area is 133 Å². The summed E-state index contributed by atoms with van der Waals surface area (Å²) in [5, 5.41) is 11.1. The number of benzene rings is 2. The summed E-state index contributed by atoms with van der Waals surface area (Å²) in [6.45, 7) is 0. The fourth-order valence-corrected chi connectivity index (χ4v) is 3.15. The standard InChI is InChI=1S/C14H10BrNO4S/c1-20-14(17)9-6-7-11(16(18)19)13(8-9)21-12-5-3-2-4-10(12)15/h2-8H,1H3. The second-order valence-electron chi connectivity index (χ2n) is 3.96. The van der Waals surface area contributed by atoms with E-state index < -0.39 is 10.9 Å². The van der Waals surface area contributed by atoms with Gasteiger partial charge < -0.3 is 4.74 Å². The molecule has 0 amide bonds. The average molecular weight is 368 g/mol. The zero-order valence-electron chi connectivity index (χ0n) is 10.9. The Bertz CT molecular complexity index is 705. The predicted molar refractivity (Wildman–Crippen MR) is 82.7 cm³/mol. The lowest BCUT2D eigenvalue weighted by atomic mass is 10.2. The van der Waals surface area contributed by atoms with E-state index in [9.17, 15) is 14.9 Å². The van der Waals surface area contributed by atoms with E-state index in [0.717, 1.165) is 9.37 Å². The zero-order chi connectivity index (χ0) is 15.4. The number of rotatable bonds is 4. The molecule has 0 radical (unpaired) electrons. The van der Waals surface area contributed by atoms with Gasteiger partial charge in [0.25, 0.3) is 5.69 Å². The highest BCUT2D eigenvalue weighted by Crippen LogP contribution is 2.38. The summed E-state index contributed by atoms with van der Waals surface area (Å²) in [5.74, 6) is -0.529. The Hall–Kier alpha value is -1.86. The van der Waals surface area contributed by atoms with Gasteiger partial charge in [0.2, 0.25) is 0 Å².